The fraction of sp³-hybridized carbons (Fsp3) is 0.190. The van der Waals surface area contributed by atoms with E-state index in [2.05, 4.69) is 90.2 Å². The molecule has 0 saturated heterocycles. The molecule has 2 atom stereocenters. The third-order valence-corrected chi connectivity index (χ3v) is 9.26. The van der Waals surface area contributed by atoms with E-state index >= 15 is 0 Å². The van der Waals surface area contributed by atoms with Gasteiger partial charge < -0.3 is 9.73 Å². The van der Waals surface area contributed by atoms with Crippen LogP contribution in [-0.2, 0) is 6.42 Å². The van der Waals surface area contributed by atoms with Crippen molar-refractivity contribution in [2.45, 2.75) is 37.5 Å². The lowest BCUT2D eigenvalue weighted by molar-refractivity contribution is 0.0952. The maximum Gasteiger partial charge on any atom is 0.251 e. The van der Waals surface area contributed by atoms with Gasteiger partial charge in [0.15, 0.2) is 11.7 Å². The maximum atomic E-state index is 13.5. The third kappa shape index (κ3) is 6.57. The number of hydrogen-bond acceptors (Lipinski definition) is 3. The summed E-state index contributed by atoms with van der Waals surface area (Å²) in [6.45, 7) is 0.527. The molecule has 1 amide bonds. The minimum atomic E-state index is -0.0469. The summed E-state index contributed by atoms with van der Waals surface area (Å²) in [4.78, 5) is 18.6. The molecule has 228 valence electrons. The van der Waals surface area contributed by atoms with Crippen LogP contribution in [0.4, 0.5) is 0 Å². The van der Waals surface area contributed by atoms with Crippen molar-refractivity contribution in [1.29, 1.82) is 0 Å². The first-order valence-corrected chi connectivity index (χ1v) is 16.3. The third-order valence-electron chi connectivity index (χ3n) is 9.26. The number of nitrogens with zero attached hydrogens (tertiary/aromatic N) is 1. The fourth-order valence-electron chi connectivity index (χ4n) is 6.92. The molecule has 1 aliphatic carbocycles. The number of amides is 1. The van der Waals surface area contributed by atoms with Crippen molar-refractivity contribution in [3.8, 4) is 22.6 Å². The topological polar surface area (TPSA) is 55.1 Å². The summed E-state index contributed by atoms with van der Waals surface area (Å²) in [5.74, 6) is 2.31. The van der Waals surface area contributed by atoms with Gasteiger partial charge in [-0.1, -0.05) is 140 Å². The van der Waals surface area contributed by atoms with Gasteiger partial charge in [-0.3, -0.25) is 4.79 Å². The van der Waals surface area contributed by atoms with Gasteiger partial charge in [0, 0.05) is 35.1 Å². The van der Waals surface area contributed by atoms with Gasteiger partial charge in [0.05, 0.1) is 0 Å². The molecule has 0 aliphatic heterocycles. The summed E-state index contributed by atoms with van der Waals surface area (Å²) in [7, 11) is 0. The molecule has 1 saturated carbocycles. The Hall–Kier alpha value is -5.22. The van der Waals surface area contributed by atoms with E-state index in [1.807, 2.05) is 60.7 Å². The zero-order valence-corrected chi connectivity index (χ0v) is 25.9. The Morgan fingerprint density at radius 1 is 0.717 bits per heavy atom. The molecule has 1 aromatic heterocycles. The van der Waals surface area contributed by atoms with E-state index in [4.69, 9.17) is 9.40 Å². The molecule has 0 bridgehead atoms. The first-order valence-electron chi connectivity index (χ1n) is 16.3. The smallest absolute Gasteiger partial charge is 0.251 e. The number of oxazole rings is 1. The summed E-state index contributed by atoms with van der Waals surface area (Å²) >= 11 is 0. The highest BCUT2D eigenvalue weighted by molar-refractivity contribution is 5.94. The molecule has 1 N–H and O–H groups in total. The number of rotatable bonds is 10. The van der Waals surface area contributed by atoms with Crippen molar-refractivity contribution >= 4 is 5.91 Å². The number of benzene rings is 5. The maximum absolute atomic E-state index is 13.5. The standard InChI is InChI=1S/C42H38N2O2/c45-41(43-29-38(31-16-5-1-6-17-31)32-18-7-2-8-19-32)36-25-13-15-30(28-36)27-35-24-14-26-37(35)42-44-39(33-20-9-3-10-21-33)40(46-42)34-22-11-4-12-23-34/h1-13,15-23,25,28,35,37-38H,14,24,26-27,29H2,(H,43,45). The fourth-order valence-corrected chi connectivity index (χ4v) is 6.92. The van der Waals surface area contributed by atoms with Crippen LogP contribution in [-0.4, -0.2) is 17.4 Å². The van der Waals surface area contributed by atoms with Gasteiger partial charge in [0.25, 0.3) is 5.91 Å². The molecular weight excluding hydrogens is 564 g/mol. The highest BCUT2D eigenvalue weighted by Crippen LogP contribution is 2.44. The molecule has 1 aliphatic rings. The average molecular weight is 603 g/mol. The molecule has 2 unspecified atom stereocenters. The normalized spacial score (nSPS) is 16.0. The van der Waals surface area contributed by atoms with Crippen LogP contribution in [0.2, 0.25) is 0 Å². The highest BCUT2D eigenvalue weighted by Gasteiger charge is 2.34. The Morgan fingerprint density at radius 2 is 1.33 bits per heavy atom. The predicted octanol–water partition coefficient (Wildman–Crippen LogP) is 9.70. The van der Waals surface area contributed by atoms with E-state index in [1.54, 1.807) is 0 Å². The molecule has 1 heterocycles. The summed E-state index contributed by atoms with van der Waals surface area (Å²) < 4.78 is 6.62. The molecule has 0 spiro atoms. The highest BCUT2D eigenvalue weighted by atomic mass is 16.4. The van der Waals surface area contributed by atoms with Gasteiger partial charge in [-0.05, 0) is 54.0 Å². The van der Waals surface area contributed by atoms with Gasteiger partial charge in [-0.25, -0.2) is 4.98 Å². The first-order chi connectivity index (χ1) is 22.7. The lowest BCUT2D eigenvalue weighted by Gasteiger charge is -2.19. The van der Waals surface area contributed by atoms with Crippen LogP contribution >= 0.6 is 0 Å². The molecule has 46 heavy (non-hydrogen) atoms. The second-order valence-corrected chi connectivity index (χ2v) is 12.2. The minimum absolute atomic E-state index is 0.0469. The van der Waals surface area contributed by atoms with Gasteiger partial charge in [-0.15, -0.1) is 0 Å². The lowest BCUT2D eigenvalue weighted by atomic mass is 9.89. The SMILES string of the molecule is O=C(NCC(c1ccccc1)c1ccccc1)c1cccc(CC2CCCC2c2nc(-c3ccccc3)c(-c3ccccc3)o2)c1. The zero-order chi connectivity index (χ0) is 31.1. The van der Waals surface area contributed by atoms with Crippen LogP contribution in [0.25, 0.3) is 22.6 Å². The minimum Gasteiger partial charge on any atom is -0.440 e. The molecule has 7 rings (SSSR count). The van der Waals surface area contributed by atoms with E-state index in [0.29, 0.717) is 18.0 Å². The molecule has 4 heteroatoms. The Bertz CT molecular complexity index is 1770. The van der Waals surface area contributed by atoms with Crippen LogP contribution in [0, 0.1) is 5.92 Å². The van der Waals surface area contributed by atoms with Crippen molar-refractivity contribution in [2.75, 3.05) is 6.54 Å². The Kier molecular flexibility index (Phi) is 8.86. The van der Waals surface area contributed by atoms with Crippen molar-refractivity contribution in [3.05, 3.63) is 174 Å². The van der Waals surface area contributed by atoms with Crippen molar-refractivity contribution in [3.63, 3.8) is 0 Å². The molecule has 5 aromatic carbocycles. The molecule has 0 radical (unpaired) electrons. The number of aromatic nitrogens is 1. The second-order valence-electron chi connectivity index (χ2n) is 12.2. The van der Waals surface area contributed by atoms with Crippen molar-refractivity contribution in [2.24, 2.45) is 5.92 Å². The van der Waals surface area contributed by atoms with Crippen molar-refractivity contribution in [1.82, 2.24) is 10.3 Å². The largest absolute Gasteiger partial charge is 0.440 e. The number of carbonyl (C=O) groups is 1. The number of nitrogens with one attached hydrogen (secondary N) is 1. The van der Waals surface area contributed by atoms with Crippen LogP contribution < -0.4 is 5.32 Å². The van der Waals surface area contributed by atoms with Gasteiger partial charge in [0.2, 0.25) is 0 Å². The number of carbonyl (C=O) groups excluding carboxylic acids is 1. The van der Waals surface area contributed by atoms with E-state index in [0.717, 1.165) is 54.2 Å². The van der Waals surface area contributed by atoms with Crippen LogP contribution in [0.3, 0.4) is 0 Å². The second kappa shape index (κ2) is 13.8. The van der Waals surface area contributed by atoms with Crippen LogP contribution in [0.1, 0.15) is 64.0 Å². The van der Waals surface area contributed by atoms with E-state index in [1.165, 1.54) is 16.7 Å². The molecule has 4 nitrogen and oxygen atoms in total. The average Bonchev–Trinajstić information content (AvgIpc) is 3.78. The molecular formula is C42H38N2O2. The van der Waals surface area contributed by atoms with E-state index < -0.39 is 0 Å². The van der Waals surface area contributed by atoms with Crippen LogP contribution in [0.15, 0.2) is 150 Å². The quantitative estimate of drug-likeness (QED) is 0.170. The summed E-state index contributed by atoms with van der Waals surface area (Å²) in [6, 6.07) is 49.5. The first kappa shape index (κ1) is 29.5. The summed E-state index contributed by atoms with van der Waals surface area (Å²) in [6.07, 6.45) is 4.18. The van der Waals surface area contributed by atoms with Gasteiger partial charge in [-0.2, -0.15) is 0 Å². The van der Waals surface area contributed by atoms with Gasteiger partial charge in [0.1, 0.15) is 5.69 Å². The monoisotopic (exact) mass is 602 g/mol. The number of hydrogen-bond donors (Lipinski definition) is 1. The summed E-state index contributed by atoms with van der Waals surface area (Å²) in [5.41, 5.74) is 7.24. The summed E-state index contributed by atoms with van der Waals surface area (Å²) in [5, 5.41) is 3.23. The zero-order valence-electron chi connectivity index (χ0n) is 25.9. The molecule has 1 fully saturated rings. The van der Waals surface area contributed by atoms with Gasteiger partial charge >= 0.3 is 0 Å². The lowest BCUT2D eigenvalue weighted by Crippen LogP contribution is -2.29. The van der Waals surface area contributed by atoms with Crippen molar-refractivity contribution < 1.29 is 9.21 Å². The Morgan fingerprint density at radius 3 is 1.98 bits per heavy atom. The van der Waals surface area contributed by atoms with E-state index in [9.17, 15) is 4.79 Å². The Balaban J connectivity index is 1.08. The predicted molar refractivity (Wildman–Crippen MR) is 185 cm³/mol. The van der Waals surface area contributed by atoms with E-state index in [-0.39, 0.29) is 17.7 Å². The Labute approximate surface area is 271 Å². The molecule has 6 aromatic rings. The van der Waals surface area contributed by atoms with Crippen LogP contribution in [0.5, 0.6) is 0 Å².